The Kier molecular flexibility index (Phi) is 3.61. The van der Waals surface area contributed by atoms with E-state index >= 15 is 0 Å². The van der Waals surface area contributed by atoms with Crippen LogP contribution in [-0.2, 0) is 6.42 Å². The van der Waals surface area contributed by atoms with Gasteiger partial charge in [-0.1, -0.05) is 17.7 Å². The summed E-state index contributed by atoms with van der Waals surface area (Å²) in [6.45, 7) is 2.83. The number of ether oxygens (including phenoxy) is 1. The van der Waals surface area contributed by atoms with Crippen LogP contribution in [0.1, 0.15) is 27.0 Å². The molecule has 1 aromatic carbocycles. The number of rotatable bonds is 2. The van der Waals surface area contributed by atoms with E-state index in [1.807, 2.05) is 31.3 Å². The standard InChI is InChI=1S/C17H15ClN4O2/c1-10-12(6-11-2-3-14-20-9-21-22(14)8-11)7-13-16(15(10)18)24-5-4-19-17(13)23/h2-3,7-9H,4-6H2,1H3,(H,19,23). The third-order valence-electron chi connectivity index (χ3n) is 4.18. The van der Waals surface area contributed by atoms with Crippen LogP contribution < -0.4 is 10.1 Å². The first-order valence-corrected chi connectivity index (χ1v) is 8.02. The first-order chi connectivity index (χ1) is 11.6. The molecule has 122 valence electrons. The second kappa shape index (κ2) is 5.79. The number of hydrogen-bond donors (Lipinski definition) is 1. The normalized spacial score (nSPS) is 14.0. The lowest BCUT2D eigenvalue weighted by Gasteiger charge is -2.14. The van der Waals surface area contributed by atoms with Crippen molar-refractivity contribution in [1.29, 1.82) is 0 Å². The molecule has 0 unspecified atom stereocenters. The molecule has 3 aromatic rings. The third kappa shape index (κ3) is 2.49. The van der Waals surface area contributed by atoms with Gasteiger partial charge in [0.2, 0.25) is 0 Å². The molecule has 3 heterocycles. The largest absolute Gasteiger partial charge is 0.489 e. The molecule has 0 fully saturated rings. The number of hydrogen-bond acceptors (Lipinski definition) is 4. The van der Waals surface area contributed by atoms with Crippen LogP contribution in [0.15, 0.2) is 30.7 Å². The van der Waals surface area contributed by atoms with Gasteiger partial charge in [-0.25, -0.2) is 9.50 Å². The molecule has 0 bridgehead atoms. The van der Waals surface area contributed by atoms with Crippen molar-refractivity contribution in [2.75, 3.05) is 13.2 Å². The van der Waals surface area contributed by atoms with Gasteiger partial charge in [-0.2, -0.15) is 5.10 Å². The van der Waals surface area contributed by atoms with Gasteiger partial charge in [0.25, 0.3) is 5.91 Å². The molecule has 1 aliphatic heterocycles. The van der Waals surface area contributed by atoms with Crippen molar-refractivity contribution < 1.29 is 9.53 Å². The molecule has 1 amide bonds. The van der Waals surface area contributed by atoms with Crippen LogP contribution in [0, 0.1) is 6.92 Å². The lowest BCUT2D eigenvalue weighted by atomic mass is 9.97. The molecular weight excluding hydrogens is 328 g/mol. The number of pyridine rings is 1. The summed E-state index contributed by atoms with van der Waals surface area (Å²) in [5.74, 6) is 0.317. The summed E-state index contributed by atoms with van der Waals surface area (Å²) in [7, 11) is 0. The van der Waals surface area contributed by atoms with E-state index in [0.717, 1.165) is 22.3 Å². The van der Waals surface area contributed by atoms with Crippen molar-refractivity contribution in [1.82, 2.24) is 19.9 Å². The Balaban J connectivity index is 1.77. The van der Waals surface area contributed by atoms with Gasteiger partial charge in [0.05, 0.1) is 17.1 Å². The molecule has 1 aliphatic rings. The summed E-state index contributed by atoms with van der Waals surface area (Å²) >= 11 is 6.47. The van der Waals surface area contributed by atoms with Crippen LogP contribution in [0.5, 0.6) is 5.75 Å². The summed E-state index contributed by atoms with van der Waals surface area (Å²) in [5, 5.41) is 7.47. The monoisotopic (exact) mass is 342 g/mol. The van der Waals surface area contributed by atoms with Crippen LogP contribution >= 0.6 is 11.6 Å². The minimum absolute atomic E-state index is 0.155. The fourth-order valence-corrected chi connectivity index (χ4v) is 3.15. The lowest BCUT2D eigenvalue weighted by Crippen LogP contribution is -2.24. The Morgan fingerprint density at radius 3 is 3.17 bits per heavy atom. The Morgan fingerprint density at radius 1 is 1.42 bits per heavy atom. The van der Waals surface area contributed by atoms with E-state index in [4.69, 9.17) is 16.3 Å². The molecule has 0 spiro atoms. The second-order valence-electron chi connectivity index (χ2n) is 5.73. The Labute approximate surface area is 143 Å². The van der Waals surface area contributed by atoms with Crippen molar-refractivity contribution in [2.45, 2.75) is 13.3 Å². The minimum Gasteiger partial charge on any atom is -0.489 e. The van der Waals surface area contributed by atoms with Crippen molar-refractivity contribution in [3.8, 4) is 5.75 Å². The summed E-state index contributed by atoms with van der Waals surface area (Å²) in [6, 6.07) is 5.78. The van der Waals surface area contributed by atoms with Gasteiger partial charge in [0.1, 0.15) is 12.9 Å². The van der Waals surface area contributed by atoms with Crippen molar-refractivity contribution in [2.24, 2.45) is 0 Å². The van der Waals surface area contributed by atoms with Crippen LogP contribution in [0.3, 0.4) is 0 Å². The van der Waals surface area contributed by atoms with Crippen LogP contribution in [-0.4, -0.2) is 33.7 Å². The number of halogens is 1. The van der Waals surface area contributed by atoms with Crippen LogP contribution in [0.2, 0.25) is 5.02 Å². The average Bonchev–Trinajstić information content (AvgIpc) is 2.96. The van der Waals surface area contributed by atoms with Gasteiger partial charge in [0.15, 0.2) is 11.4 Å². The minimum atomic E-state index is -0.155. The highest BCUT2D eigenvalue weighted by molar-refractivity contribution is 6.33. The first-order valence-electron chi connectivity index (χ1n) is 7.65. The summed E-state index contributed by atoms with van der Waals surface area (Å²) in [4.78, 5) is 16.4. The Morgan fingerprint density at radius 2 is 2.29 bits per heavy atom. The van der Waals surface area contributed by atoms with Crippen LogP contribution in [0.25, 0.3) is 5.65 Å². The number of carbonyl (C=O) groups is 1. The molecule has 4 rings (SSSR count). The van der Waals surface area contributed by atoms with E-state index in [1.54, 1.807) is 4.52 Å². The predicted octanol–water partition coefficient (Wildman–Crippen LogP) is 2.40. The van der Waals surface area contributed by atoms with Gasteiger partial charge < -0.3 is 10.1 Å². The SMILES string of the molecule is Cc1c(Cc2ccc3ncnn3c2)cc2c(c1Cl)OCCNC2=O. The summed E-state index contributed by atoms with van der Waals surface area (Å²) in [6.07, 6.45) is 4.09. The Hall–Kier alpha value is -2.60. The average molecular weight is 343 g/mol. The molecule has 2 aromatic heterocycles. The molecule has 0 saturated carbocycles. The van der Waals surface area contributed by atoms with E-state index in [1.165, 1.54) is 6.33 Å². The summed E-state index contributed by atoms with van der Waals surface area (Å²) in [5.41, 5.74) is 4.24. The second-order valence-corrected chi connectivity index (χ2v) is 6.11. The summed E-state index contributed by atoms with van der Waals surface area (Å²) < 4.78 is 7.37. The maximum Gasteiger partial charge on any atom is 0.255 e. The van der Waals surface area contributed by atoms with Gasteiger partial charge in [-0.05, 0) is 42.2 Å². The molecule has 0 atom stereocenters. The number of nitrogens with one attached hydrogen (secondary N) is 1. The maximum absolute atomic E-state index is 12.2. The highest BCUT2D eigenvalue weighted by Gasteiger charge is 2.22. The molecule has 6 nitrogen and oxygen atoms in total. The third-order valence-corrected chi connectivity index (χ3v) is 4.64. The van der Waals surface area contributed by atoms with Crippen molar-refractivity contribution in [3.63, 3.8) is 0 Å². The van der Waals surface area contributed by atoms with E-state index in [9.17, 15) is 4.79 Å². The fraction of sp³-hybridized carbons (Fsp3) is 0.235. The fourth-order valence-electron chi connectivity index (χ4n) is 2.87. The molecular formula is C17H15ClN4O2. The number of aromatic nitrogens is 3. The van der Waals surface area contributed by atoms with Crippen LogP contribution in [0.4, 0.5) is 0 Å². The lowest BCUT2D eigenvalue weighted by molar-refractivity contribution is 0.0957. The number of amides is 1. The zero-order chi connectivity index (χ0) is 16.7. The van der Waals surface area contributed by atoms with E-state index in [0.29, 0.717) is 35.9 Å². The highest BCUT2D eigenvalue weighted by atomic mass is 35.5. The predicted molar refractivity (Wildman–Crippen MR) is 89.8 cm³/mol. The zero-order valence-corrected chi connectivity index (χ0v) is 13.8. The molecule has 7 heteroatoms. The smallest absolute Gasteiger partial charge is 0.255 e. The number of nitrogens with zero attached hydrogens (tertiary/aromatic N) is 3. The molecule has 1 N–H and O–H groups in total. The topological polar surface area (TPSA) is 68.5 Å². The number of carbonyl (C=O) groups excluding carboxylic acids is 1. The number of fused-ring (bicyclic) bond motifs is 2. The van der Waals surface area contributed by atoms with E-state index in [2.05, 4.69) is 15.4 Å². The Bertz CT molecular complexity index is 951. The van der Waals surface area contributed by atoms with Gasteiger partial charge >= 0.3 is 0 Å². The zero-order valence-electron chi connectivity index (χ0n) is 13.0. The van der Waals surface area contributed by atoms with E-state index < -0.39 is 0 Å². The molecule has 24 heavy (non-hydrogen) atoms. The first kappa shape index (κ1) is 15.0. The van der Waals surface area contributed by atoms with Crippen molar-refractivity contribution in [3.05, 3.63) is 58.0 Å². The van der Waals surface area contributed by atoms with Crippen molar-refractivity contribution >= 4 is 23.2 Å². The molecule has 0 radical (unpaired) electrons. The maximum atomic E-state index is 12.2. The van der Waals surface area contributed by atoms with Gasteiger partial charge in [-0.3, -0.25) is 4.79 Å². The highest BCUT2D eigenvalue weighted by Crippen LogP contribution is 2.36. The van der Waals surface area contributed by atoms with E-state index in [-0.39, 0.29) is 5.91 Å². The van der Waals surface area contributed by atoms with Gasteiger partial charge in [0, 0.05) is 6.20 Å². The molecule has 0 aliphatic carbocycles. The molecule has 0 saturated heterocycles. The quantitative estimate of drug-likeness (QED) is 0.776. The van der Waals surface area contributed by atoms with Gasteiger partial charge in [-0.15, -0.1) is 0 Å². The number of benzene rings is 1.